The molecule has 0 radical (unpaired) electrons. The van der Waals surface area contributed by atoms with Crippen LogP contribution in [0.25, 0.3) is 0 Å². The molecule has 1 aliphatic rings. The number of sulfone groups is 1. The van der Waals surface area contributed by atoms with Gasteiger partial charge in [0.1, 0.15) is 5.75 Å². The van der Waals surface area contributed by atoms with Crippen LogP contribution < -0.4 is 4.74 Å². The van der Waals surface area contributed by atoms with Gasteiger partial charge in [0.25, 0.3) is 5.91 Å². The number of likely N-dealkylation sites (N-methyl/N-ethyl adjacent to an activating group) is 1. The summed E-state index contributed by atoms with van der Waals surface area (Å²) in [7, 11) is -1.56. The minimum absolute atomic E-state index is 0.0488. The van der Waals surface area contributed by atoms with E-state index in [1.54, 1.807) is 6.07 Å². The van der Waals surface area contributed by atoms with Crippen LogP contribution in [-0.4, -0.2) is 62.5 Å². The van der Waals surface area contributed by atoms with Crippen molar-refractivity contribution in [3.8, 4) is 5.75 Å². The van der Waals surface area contributed by atoms with Gasteiger partial charge in [0, 0.05) is 13.1 Å². The molecule has 1 amide bonds. The van der Waals surface area contributed by atoms with Crippen molar-refractivity contribution in [1.29, 1.82) is 0 Å². The van der Waals surface area contributed by atoms with Gasteiger partial charge in [-0.3, -0.25) is 4.79 Å². The topological polar surface area (TPSA) is 90.0 Å². The van der Waals surface area contributed by atoms with Crippen LogP contribution in [0, 0.1) is 0 Å². The highest BCUT2D eigenvalue weighted by Gasteiger charge is 2.34. The first-order chi connectivity index (χ1) is 12.2. The molecule has 2 atom stereocenters. The normalized spacial score (nSPS) is 19.6. The number of carbonyl (C=O) groups is 2. The van der Waals surface area contributed by atoms with Crippen molar-refractivity contribution < 1.29 is 27.5 Å². The van der Waals surface area contributed by atoms with E-state index in [2.05, 4.69) is 0 Å². The fourth-order valence-corrected chi connectivity index (χ4v) is 4.68. The Morgan fingerprint density at radius 3 is 2.62 bits per heavy atom. The largest absolute Gasteiger partial charge is 0.482 e. The summed E-state index contributed by atoms with van der Waals surface area (Å²) < 4.78 is 33.7. The van der Waals surface area contributed by atoms with E-state index in [4.69, 9.17) is 9.47 Å². The van der Waals surface area contributed by atoms with Gasteiger partial charge in [-0.25, -0.2) is 13.2 Å². The molecule has 26 heavy (non-hydrogen) atoms. The van der Waals surface area contributed by atoms with Crippen LogP contribution in [0.4, 0.5) is 0 Å². The Hall–Kier alpha value is -2.09. The van der Waals surface area contributed by atoms with Gasteiger partial charge in [-0.05, 0) is 31.4 Å². The molecule has 0 aromatic heterocycles. The quantitative estimate of drug-likeness (QED) is 0.658. The highest BCUT2D eigenvalue weighted by Crippen LogP contribution is 2.19. The number of hydrogen-bond acceptors (Lipinski definition) is 6. The summed E-state index contributed by atoms with van der Waals surface area (Å²) in [6.45, 7) is 3.16. The van der Waals surface area contributed by atoms with Gasteiger partial charge in [0.15, 0.2) is 22.5 Å². The summed E-state index contributed by atoms with van der Waals surface area (Å²) in [4.78, 5) is 25.7. The van der Waals surface area contributed by atoms with E-state index >= 15 is 0 Å². The van der Waals surface area contributed by atoms with E-state index in [0.29, 0.717) is 12.2 Å². The lowest BCUT2D eigenvalue weighted by Gasteiger charge is -2.26. The van der Waals surface area contributed by atoms with Gasteiger partial charge in [-0.2, -0.15) is 0 Å². The van der Waals surface area contributed by atoms with Crippen molar-refractivity contribution in [3.63, 3.8) is 0 Å². The summed E-state index contributed by atoms with van der Waals surface area (Å²) in [6, 6.07) is 7.02. The van der Waals surface area contributed by atoms with Crippen molar-refractivity contribution in [1.82, 2.24) is 4.90 Å². The van der Waals surface area contributed by atoms with Crippen molar-refractivity contribution in [3.05, 3.63) is 29.8 Å². The van der Waals surface area contributed by atoms with E-state index in [9.17, 15) is 18.0 Å². The summed E-state index contributed by atoms with van der Waals surface area (Å²) in [5, 5.41) is 0. The Balaban J connectivity index is 1.85. The number of para-hydroxylation sites is 1. The smallest absolute Gasteiger partial charge is 0.344 e. The number of benzene rings is 1. The van der Waals surface area contributed by atoms with Gasteiger partial charge in [-0.15, -0.1) is 0 Å². The van der Waals surface area contributed by atoms with E-state index in [0.717, 1.165) is 12.0 Å². The van der Waals surface area contributed by atoms with Crippen LogP contribution in [-0.2, 0) is 30.6 Å². The molecule has 0 spiro atoms. The summed E-state index contributed by atoms with van der Waals surface area (Å²) in [5.74, 6) is -0.432. The standard InChI is InChI=1S/C18H25NO6S/c1-4-14-7-5-6-8-16(14)24-11-17(20)25-13(2)18(21)19(3)15-9-10-26(22,23)12-15/h5-8,13,15H,4,9-12H2,1-3H3. The first-order valence-electron chi connectivity index (χ1n) is 8.60. The first-order valence-corrected chi connectivity index (χ1v) is 10.4. The summed E-state index contributed by atoms with van der Waals surface area (Å²) >= 11 is 0. The third-order valence-electron chi connectivity index (χ3n) is 4.46. The lowest BCUT2D eigenvalue weighted by Crippen LogP contribution is -2.44. The lowest BCUT2D eigenvalue weighted by atomic mass is 10.1. The fourth-order valence-electron chi connectivity index (χ4n) is 2.90. The fraction of sp³-hybridized carbons (Fsp3) is 0.556. The van der Waals surface area contributed by atoms with Crippen LogP contribution >= 0.6 is 0 Å². The zero-order valence-electron chi connectivity index (χ0n) is 15.3. The average molecular weight is 383 g/mol. The second kappa shape index (κ2) is 8.53. The molecular weight excluding hydrogens is 358 g/mol. The van der Waals surface area contributed by atoms with Gasteiger partial charge in [-0.1, -0.05) is 25.1 Å². The molecule has 0 saturated carbocycles. The van der Waals surface area contributed by atoms with Gasteiger partial charge >= 0.3 is 5.97 Å². The number of ether oxygens (including phenoxy) is 2. The third kappa shape index (κ3) is 5.20. The van der Waals surface area contributed by atoms with Gasteiger partial charge in [0.05, 0.1) is 11.5 Å². The zero-order chi connectivity index (χ0) is 19.3. The van der Waals surface area contributed by atoms with Crippen LogP contribution in [0.15, 0.2) is 24.3 Å². The molecule has 7 nitrogen and oxygen atoms in total. The Labute approximate surface area is 154 Å². The number of carbonyl (C=O) groups excluding carboxylic acids is 2. The Kier molecular flexibility index (Phi) is 6.63. The molecule has 2 unspecified atom stereocenters. The molecule has 1 aliphatic heterocycles. The van der Waals surface area contributed by atoms with Crippen LogP contribution in [0.3, 0.4) is 0 Å². The van der Waals surface area contributed by atoms with Crippen LogP contribution in [0.1, 0.15) is 25.8 Å². The molecule has 1 saturated heterocycles. The van der Waals surface area contributed by atoms with Crippen LogP contribution in [0.5, 0.6) is 5.75 Å². The van der Waals surface area contributed by atoms with E-state index in [-0.39, 0.29) is 24.2 Å². The number of hydrogen-bond donors (Lipinski definition) is 0. The first kappa shape index (κ1) is 20.2. The van der Waals surface area contributed by atoms with E-state index in [1.807, 2.05) is 25.1 Å². The summed E-state index contributed by atoms with van der Waals surface area (Å²) in [6.07, 6.45) is 0.179. The number of amides is 1. The van der Waals surface area contributed by atoms with Crippen molar-refractivity contribution in [2.24, 2.45) is 0 Å². The van der Waals surface area contributed by atoms with E-state index < -0.39 is 27.8 Å². The Bertz CT molecular complexity index is 761. The highest BCUT2D eigenvalue weighted by atomic mass is 32.2. The van der Waals surface area contributed by atoms with Gasteiger partial charge < -0.3 is 14.4 Å². The molecule has 1 heterocycles. The molecule has 2 rings (SSSR count). The number of aryl methyl sites for hydroxylation is 1. The summed E-state index contributed by atoms with van der Waals surface area (Å²) in [5.41, 5.74) is 0.978. The van der Waals surface area contributed by atoms with Gasteiger partial charge in [0.2, 0.25) is 0 Å². The molecule has 0 bridgehead atoms. The van der Waals surface area contributed by atoms with Crippen LogP contribution in [0.2, 0.25) is 0 Å². The predicted molar refractivity (Wildman–Crippen MR) is 96.7 cm³/mol. The molecule has 144 valence electrons. The van der Waals surface area contributed by atoms with Crippen molar-refractivity contribution in [2.75, 3.05) is 25.2 Å². The minimum atomic E-state index is -3.09. The third-order valence-corrected chi connectivity index (χ3v) is 6.21. The number of esters is 1. The average Bonchev–Trinajstić information content (AvgIpc) is 2.98. The maximum atomic E-state index is 12.4. The SMILES string of the molecule is CCc1ccccc1OCC(=O)OC(C)C(=O)N(C)C1CCS(=O)(=O)C1. The maximum absolute atomic E-state index is 12.4. The number of rotatable bonds is 7. The van der Waals surface area contributed by atoms with Crippen molar-refractivity contribution >= 4 is 21.7 Å². The zero-order valence-corrected chi connectivity index (χ0v) is 16.1. The molecule has 0 N–H and O–H groups in total. The molecule has 1 aromatic carbocycles. The maximum Gasteiger partial charge on any atom is 0.344 e. The lowest BCUT2D eigenvalue weighted by molar-refractivity contribution is -0.160. The molecule has 0 aliphatic carbocycles. The van der Waals surface area contributed by atoms with E-state index in [1.165, 1.54) is 18.9 Å². The minimum Gasteiger partial charge on any atom is -0.482 e. The molecule has 8 heteroatoms. The Morgan fingerprint density at radius 1 is 1.31 bits per heavy atom. The number of nitrogens with zero attached hydrogens (tertiary/aromatic N) is 1. The second-order valence-electron chi connectivity index (χ2n) is 6.39. The monoisotopic (exact) mass is 383 g/mol. The predicted octanol–water partition coefficient (Wildman–Crippen LogP) is 1.20. The highest BCUT2D eigenvalue weighted by molar-refractivity contribution is 7.91. The molecule has 1 fully saturated rings. The second-order valence-corrected chi connectivity index (χ2v) is 8.62. The Morgan fingerprint density at radius 2 is 2.00 bits per heavy atom. The molecular formula is C18H25NO6S. The molecule has 1 aromatic rings. The van der Waals surface area contributed by atoms with Crippen molar-refractivity contribution in [2.45, 2.75) is 38.8 Å².